The minimum atomic E-state index is -4.82. The summed E-state index contributed by atoms with van der Waals surface area (Å²) in [5.41, 5.74) is 1.33. The largest absolute Gasteiger partial charge is 0.488 e. The van der Waals surface area contributed by atoms with E-state index in [1.165, 1.54) is 6.07 Å². The van der Waals surface area contributed by atoms with Crippen LogP contribution in [0.2, 0.25) is 0 Å². The number of fused-ring (bicyclic) bond motifs is 1. The number of rotatable bonds is 6. The van der Waals surface area contributed by atoms with Crippen LogP contribution in [0.4, 0.5) is 13.2 Å². The van der Waals surface area contributed by atoms with Gasteiger partial charge in [0.15, 0.2) is 6.10 Å². The summed E-state index contributed by atoms with van der Waals surface area (Å²) in [5.74, 6) is -1.08. The van der Waals surface area contributed by atoms with E-state index in [0.29, 0.717) is 25.2 Å². The molecule has 4 rings (SSSR count). The van der Waals surface area contributed by atoms with Crippen LogP contribution in [0.3, 0.4) is 0 Å². The van der Waals surface area contributed by atoms with Gasteiger partial charge in [0.2, 0.25) is 0 Å². The van der Waals surface area contributed by atoms with Gasteiger partial charge in [-0.3, -0.25) is 0 Å². The van der Waals surface area contributed by atoms with E-state index in [0.717, 1.165) is 29.9 Å². The zero-order valence-electron chi connectivity index (χ0n) is 18.4. The van der Waals surface area contributed by atoms with Crippen molar-refractivity contribution in [3.05, 3.63) is 88.5 Å². The van der Waals surface area contributed by atoms with Crippen LogP contribution >= 0.6 is 0 Å². The first kappa shape index (κ1) is 23.8. The maximum atomic E-state index is 14.0. The minimum Gasteiger partial charge on any atom is -0.488 e. The molecule has 1 N–H and O–H groups in total. The minimum absolute atomic E-state index is 0.00190. The van der Waals surface area contributed by atoms with E-state index < -0.39 is 29.4 Å². The molecule has 0 aliphatic carbocycles. The van der Waals surface area contributed by atoms with Crippen molar-refractivity contribution in [1.29, 1.82) is 0 Å². The van der Waals surface area contributed by atoms with Crippen LogP contribution in [0.25, 0.3) is 11.1 Å². The first-order valence-corrected chi connectivity index (χ1v) is 10.7. The number of ether oxygens (including phenoxy) is 3. The van der Waals surface area contributed by atoms with Crippen molar-refractivity contribution >= 4 is 5.97 Å². The molecule has 8 heteroatoms. The van der Waals surface area contributed by atoms with E-state index in [9.17, 15) is 23.1 Å². The number of carbonyl (C=O) groups excluding carboxylic acids is 1. The molecule has 1 aliphatic heterocycles. The fourth-order valence-corrected chi connectivity index (χ4v) is 4.03. The molecule has 1 aliphatic rings. The molecule has 0 saturated carbocycles. The second-order valence-electron chi connectivity index (χ2n) is 7.88. The Morgan fingerprint density at radius 1 is 1.09 bits per heavy atom. The highest BCUT2D eigenvalue weighted by molar-refractivity contribution is 5.85. The number of hydrogen-bond acceptors (Lipinski definition) is 5. The van der Waals surface area contributed by atoms with Gasteiger partial charge in [-0.05, 0) is 40.8 Å². The summed E-state index contributed by atoms with van der Waals surface area (Å²) < 4.78 is 58.0. The molecule has 1 unspecified atom stereocenters. The number of esters is 1. The highest BCUT2D eigenvalue weighted by atomic mass is 19.4. The van der Waals surface area contributed by atoms with E-state index in [4.69, 9.17) is 9.47 Å². The van der Waals surface area contributed by atoms with E-state index in [1.54, 1.807) is 18.2 Å². The molecule has 3 aromatic rings. The zero-order valence-corrected chi connectivity index (χ0v) is 18.4. The zero-order chi connectivity index (χ0) is 24.3. The van der Waals surface area contributed by atoms with Gasteiger partial charge in [0.25, 0.3) is 0 Å². The number of methoxy groups -OCH3 is 1. The monoisotopic (exact) mass is 472 g/mol. The van der Waals surface area contributed by atoms with Crippen molar-refractivity contribution in [2.45, 2.75) is 31.9 Å². The summed E-state index contributed by atoms with van der Waals surface area (Å²) in [7, 11) is 1.01. The van der Waals surface area contributed by atoms with Gasteiger partial charge < -0.3 is 19.3 Å². The standard InChI is InChI=1S/C26H23F3O5/c1-32-25(31)24(30)23-20(26(27,28)29)9-10-21(34-14-16-5-3-2-4-6-16)22(23)18-7-8-19-15-33-12-11-17(19)13-18/h2-10,13,24,30H,11-12,14-15H2,1H3. The molecule has 178 valence electrons. The van der Waals surface area contributed by atoms with Crippen LogP contribution in [0.5, 0.6) is 5.75 Å². The second kappa shape index (κ2) is 9.87. The number of halogens is 3. The SMILES string of the molecule is COC(=O)C(O)c1c(C(F)(F)F)ccc(OCc2ccccc2)c1-c1ccc2c(c1)CCOC2. The number of carbonyl (C=O) groups is 1. The second-order valence-corrected chi connectivity index (χ2v) is 7.88. The molecule has 3 aromatic carbocycles. The number of aliphatic hydroxyl groups excluding tert-OH is 1. The van der Waals surface area contributed by atoms with E-state index in [2.05, 4.69) is 4.74 Å². The maximum absolute atomic E-state index is 14.0. The van der Waals surface area contributed by atoms with Crippen LogP contribution in [0.1, 0.15) is 33.9 Å². The van der Waals surface area contributed by atoms with Gasteiger partial charge in [0.1, 0.15) is 12.4 Å². The number of aliphatic hydroxyl groups is 1. The Labute approximate surface area is 194 Å². The molecule has 0 saturated heterocycles. The van der Waals surface area contributed by atoms with Gasteiger partial charge in [-0.1, -0.05) is 48.5 Å². The first-order chi connectivity index (χ1) is 16.3. The third-order valence-corrected chi connectivity index (χ3v) is 5.72. The van der Waals surface area contributed by atoms with Gasteiger partial charge in [0, 0.05) is 11.1 Å². The Morgan fingerprint density at radius 3 is 2.56 bits per heavy atom. The number of hydrogen-bond donors (Lipinski definition) is 1. The fraction of sp³-hybridized carbons (Fsp3) is 0.269. The quantitative estimate of drug-likeness (QED) is 0.498. The summed E-state index contributed by atoms with van der Waals surface area (Å²) >= 11 is 0. The lowest BCUT2D eigenvalue weighted by molar-refractivity contribution is -0.152. The normalized spacial score (nSPS) is 14.3. The topological polar surface area (TPSA) is 65.0 Å². The molecule has 0 bridgehead atoms. The Bertz CT molecular complexity index is 1180. The molecule has 0 radical (unpaired) electrons. The van der Waals surface area contributed by atoms with Gasteiger partial charge in [-0.15, -0.1) is 0 Å². The van der Waals surface area contributed by atoms with Crippen molar-refractivity contribution in [3.8, 4) is 16.9 Å². The van der Waals surface area contributed by atoms with E-state index >= 15 is 0 Å². The molecule has 0 amide bonds. The number of alkyl halides is 3. The molecule has 5 nitrogen and oxygen atoms in total. The third kappa shape index (κ3) is 4.93. The third-order valence-electron chi connectivity index (χ3n) is 5.72. The van der Waals surface area contributed by atoms with Crippen molar-refractivity contribution < 1.29 is 37.3 Å². The Hall–Kier alpha value is -3.36. The van der Waals surface area contributed by atoms with Crippen molar-refractivity contribution in [3.63, 3.8) is 0 Å². The van der Waals surface area contributed by atoms with Crippen LogP contribution in [0.15, 0.2) is 60.7 Å². The average Bonchev–Trinajstić information content (AvgIpc) is 2.85. The lowest BCUT2D eigenvalue weighted by Gasteiger charge is -2.24. The molecule has 0 spiro atoms. The van der Waals surface area contributed by atoms with Crippen LogP contribution in [-0.2, 0) is 40.1 Å². The Morgan fingerprint density at radius 2 is 1.85 bits per heavy atom. The van der Waals surface area contributed by atoms with E-state index in [-0.39, 0.29) is 17.9 Å². The van der Waals surface area contributed by atoms with Crippen LogP contribution < -0.4 is 4.74 Å². The average molecular weight is 472 g/mol. The van der Waals surface area contributed by atoms with Crippen LogP contribution in [0, 0.1) is 0 Å². The van der Waals surface area contributed by atoms with Gasteiger partial charge in [0.05, 0.1) is 25.9 Å². The Kier molecular flexibility index (Phi) is 6.90. The van der Waals surface area contributed by atoms with Crippen molar-refractivity contribution in [1.82, 2.24) is 0 Å². The lowest BCUT2D eigenvalue weighted by atomic mass is 9.88. The smallest absolute Gasteiger partial charge is 0.416 e. The highest BCUT2D eigenvalue weighted by Gasteiger charge is 2.40. The van der Waals surface area contributed by atoms with Crippen molar-refractivity contribution in [2.75, 3.05) is 13.7 Å². The molecule has 0 aromatic heterocycles. The predicted octanol–water partition coefficient (Wildman–Crippen LogP) is 5.23. The lowest BCUT2D eigenvalue weighted by Crippen LogP contribution is -2.20. The Balaban J connectivity index is 1.91. The summed E-state index contributed by atoms with van der Waals surface area (Å²) in [6.45, 7) is 0.993. The van der Waals surface area contributed by atoms with E-state index in [1.807, 2.05) is 30.3 Å². The molecule has 1 heterocycles. The molecule has 34 heavy (non-hydrogen) atoms. The molecular formula is C26H23F3O5. The van der Waals surface area contributed by atoms with Crippen LogP contribution in [-0.4, -0.2) is 24.8 Å². The first-order valence-electron chi connectivity index (χ1n) is 10.7. The predicted molar refractivity (Wildman–Crippen MR) is 118 cm³/mol. The summed E-state index contributed by atoms with van der Waals surface area (Å²) in [6.07, 6.45) is -6.38. The van der Waals surface area contributed by atoms with Crippen molar-refractivity contribution in [2.24, 2.45) is 0 Å². The number of benzene rings is 3. The summed E-state index contributed by atoms with van der Waals surface area (Å²) in [5, 5.41) is 10.7. The molecule has 0 fully saturated rings. The maximum Gasteiger partial charge on any atom is 0.416 e. The van der Waals surface area contributed by atoms with Gasteiger partial charge in [-0.2, -0.15) is 13.2 Å². The summed E-state index contributed by atoms with van der Waals surface area (Å²) in [4.78, 5) is 12.2. The van der Waals surface area contributed by atoms with Gasteiger partial charge in [-0.25, -0.2) is 4.79 Å². The fourth-order valence-electron chi connectivity index (χ4n) is 4.03. The summed E-state index contributed by atoms with van der Waals surface area (Å²) in [6, 6.07) is 16.4. The highest BCUT2D eigenvalue weighted by Crippen LogP contribution is 2.45. The molecule has 1 atom stereocenters. The van der Waals surface area contributed by atoms with Gasteiger partial charge >= 0.3 is 12.1 Å². The molecular weight excluding hydrogens is 449 g/mol.